The number of fused-ring (bicyclic) bond motifs is 1. The first-order valence-corrected chi connectivity index (χ1v) is 3.73. The Balaban J connectivity index is 3.03. The van der Waals surface area contributed by atoms with E-state index in [9.17, 15) is 4.79 Å². The van der Waals surface area contributed by atoms with Crippen molar-refractivity contribution >= 4 is 5.65 Å². The van der Waals surface area contributed by atoms with Crippen molar-refractivity contribution in [3.8, 4) is 0 Å². The number of nitrogens with zero attached hydrogens (tertiary/aromatic N) is 2. The second kappa shape index (κ2) is 2.20. The zero-order valence-corrected chi connectivity index (χ0v) is 6.96. The first kappa shape index (κ1) is 7.09. The van der Waals surface area contributed by atoms with Gasteiger partial charge in [0.1, 0.15) is 0 Å². The average molecular weight is 163 g/mol. The number of rotatable bonds is 0. The fourth-order valence-corrected chi connectivity index (χ4v) is 1.21. The van der Waals surface area contributed by atoms with Crippen molar-refractivity contribution in [3.05, 3.63) is 33.9 Å². The predicted octanol–water partition coefficient (Wildman–Crippen LogP) is 0.639. The van der Waals surface area contributed by atoms with Gasteiger partial charge in [-0.1, -0.05) is 0 Å². The molecule has 2 aromatic heterocycles. The Bertz CT molecular complexity index is 480. The molecule has 0 amide bonds. The van der Waals surface area contributed by atoms with Crippen LogP contribution in [0.3, 0.4) is 0 Å². The average Bonchev–Trinajstić information content (AvgIpc) is 2.33. The van der Waals surface area contributed by atoms with Crippen LogP contribution in [0.5, 0.6) is 0 Å². The Hall–Kier alpha value is -1.58. The van der Waals surface area contributed by atoms with Crippen LogP contribution in [-0.4, -0.2) is 14.6 Å². The molecule has 0 radical (unpaired) electrons. The van der Waals surface area contributed by atoms with E-state index in [1.807, 2.05) is 13.8 Å². The van der Waals surface area contributed by atoms with Gasteiger partial charge in [0.2, 0.25) is 0 Å². The first-order chi connectivity index (χ1) is 5.68. The standard InChI is InChI=1S/C8H9N3O/c1-5-4-9-11-7(12)3-6(2)10-8(5)11/h3-4,9H,1-2H3. The van der Waals surface area contributed by atoms with Crippen molar-refractivity contribution in [2.45, 2.75) is 13.8 Å². The normalized spacial score (nSPS) is 10.8. The first-order valence-electron chi connectivity index (χ1n) is 3.73. The van der Waals surface area contributed by atoms with E-state index < -0.39 is 0 Å². The number of hydrogen-bond donors (Lipinski definition) is 1. The Morgan fingerprint density at radius 2 is 2.25 bits per heavy atom. The van der Waals surface area contributed by atoms with Crippen LogP contribution in [0.15, 0.2) is 17.1 Å². The van der Waals surface area contributed by atoms with Crippen molar-refractivity contribution in [1.82, 2.24) is 14.6 Å². The smallest absolute Gasteiger partial charge is 0.272 e. The van der Waals surface area contributed by atoms with Crippen molar-refractivity contribution in [3.63, 3.8) is 0 Å². The Labute approximate surface area is 68.8 Å². The molecule has 2 rings (SSSR count). The molecule has 0 saturated carbocycles. The maximum atomic E-state index is 11.3. The van der Waals surface area contributed by atoms with Crippen LogP contribution in [0.25, 0.3) is 5.65 Å². The summed E-state index contributed by atoms with van der Waals surface area (Å²) in [7, 11) is 0. The number of aryl methyl sites for hydroxylation is 2. The lowest BCUT2D eigenvalue weighted by atomic mass is 10.4. The van der Waals surface area contributed by atoms with Crippen LogP contribution >= 0.6 is 0 Å². The van der Waals surface area contributed by atoms with Gasteiger partial charge in [-0.3, -0.25) is 9.89 Å². The molecule has 62 valence electrons. The number of nitrogens with one attached hydrogen (secondary N) is 1. The van der Waals surface area contributed by atoms with E-state index in [4.69, 9.17) is 0 Å². The van der Waals surface area contributed by atoms with Crippen LogP contribution in [0, 0.1) is 13.8 Å². The van der Waals surface area contributed by atoms with Gasteiger partial charge in [-0.15, -0.1) is 0 Å². The molecule has 0 spiro atoms. The summed E-state index contributed by atoms with van der Waals surface area (Å²) in [5, 5.41) is 2.82. The van der Waals surface area contributed by atoms with Gasteiger partial charge in [0.25, 0.3) is 5.56 Å². The molecule has 1 N–H and O–H groups in total. The van der Waals surface area contributed by atoms with Gasteiger partial charge in [-0.25, -0.2) is 9.50 Å². The summed E-state index contributed by atoms with van der Waals surface area (Å²) < 4.78 is 1.43. The monoisotopic (exact) mass is 163 g/mol. The zero-order valence-electron chi connectivity index (χ0n) is 6.96. The molecule has 4 heteroatoms. The molecule has 12 heavy (non-hydrogen) atoms. The van der Waals surface area contributed by atoms with E-state index in [-0.39, 0.29) is 5.56 Å². The van der Waals surface area contributed by atoms with Gasteiger partial charge in [0.05, 0.1) is 0 Å². The molecule has 4 nitrogen and oxygen atoms in total. The highest BCUT2D eigenvalue weighted by molar-refractivity contribution is 5.45. The largest absolute Gasteiger partial charge is 0.297 e. The summed E-state index contributed by atoms with van der Waals surface area (Å²) in [5.41, 5.74) is 2.38. The van der Waals surface area contributed by atoms with Gasteiger partial charge in [-0.2, -0.15) is 0 Å². The fourth-order valence-electron chi connectivity index (χ4n) is 1.21. The third-order valence-corrected chi connectivity index (χ3v) is 1.81. The van der Waals surface area contributed by atoms with Crippen molar-refractivity contribution in [1.29, 1.82) is 0 Å². The molecule has 2 aromatic rings. The van der Waals surface area contributed by atoms with Crippen LogP contribution < -0.4 is 5.56 Å². The van der Waals surface area contributed by atoms with Gasteiger partial charge in [0.15, 0.2) is 5.65 Å². The van der Waals surface area contributed by atoms with E-state index in [1.165, 1.54) is 10.6 Å². The number of H-pyrrole nitrogens is 1. The summed E-state index contributed by atoms with van der Waals surface area (Å²) in [5.74, 6) is 0. The lowest BCUT2D eigenvalue weighted by Gasteiger charge is -1.93. The summed E-state index contributed by atoms with van der Waals surface area (Å²) in [4.78, 5) is 15.5. The molecule has 0 aromatic carbocycles. The summed E-state index contributed by atoms with van der Waals surface area (Å²) in [6.07, 6.45) is 1.77. The van der Waals surface area contributed by atoms with E-state index in [1.54, 1.807) is 6.20 Å². The lowest BCUT2D eigenvalue weighted by molar-refractivity contribution is 0.890. The van der Waals surface area contributed by atoms with Crippen LogP contribution in [0.1, 0.15) is 11.3 Å². The van der Waals surface area contributed by atoms with Gasteiger partial charge < -0.3 is 0 Å². The Morgan fingerprint density at radius 3 is 3.00 bits per heavy atom. The topological polar surface area (TPSA) is 50.2 Å². The molecular formula is C8H9N3O. The third kappa shape index (κ3) is 0.845. The SMILES string of the molecule is Cc1cc(=O)n2[nH]cc(C)c2n1. The van der Waals surface area contributed by atoms with Crippen LogP contribution in [0.2, 0.25) is 0 Å². The molecule has 0 aliphatic rings. The molecule has 0 aliphatic carbocycles. The van der Waals surface area contributed by atoms with Crippen LogP contribution in [0.4, 0.5) is 0 Å². The summed E-state index contributed by atoms with van der Waals surface area (Å²) in [6, 6.07) is 1.50. The second-order valence-electron chi connectivity index (χ2n) is 2.85. The summed E-state index contributed by atoms with van der Waals surface area (Å²) >= 11 is 0. The molecule has 0 aliphatic heterocycles. The molecule has 2 heterocycles. The number of aromatic amines is 1. The lowest BCUT2D eigenvalue weighted by Crippen LogP contribution is -2.14. The highest BCUT2D eigenvalue weighted by atomic mass is 16.1. The van der Waals surface area contributed by atoms with E-state index >= 15 is 0 Å². The maximum Gasteiger partial charge on any atom is 0.272 e. The highest BCUT2D eigenvalue weighted by Gasteiger charge is 2.02. The van der Waals surface area contributed by atoms with E-state index in [0.717, 1.165) is 11.3 Å². The molecule has 0 bridgehead atoms. The van der Waals surface area contributed by atoms with Crippen LogP contribution in [-0.2, 0) is 0 Å². The fraction of sp³-hybridized carbons (Fsp3) is 0.250. The predicted molar refractivity (Wildman–Crippen MR) is 45.3 cm³/mol. The molecule has 0 atom stereocenters. The van der Waals surface area contributed by atoms with E-state index in [0.29, 0.717) is 5.65 Å². The van der Waals surface area contributed by atoms with Gasteiger partial charge in [0, 0.05) is 23.5 Å². The van der Waals surface area contributed by atoms with Crippen molar-refractivity contribution < 1.29 is 0 Å². The number of hydrogen-bond acceptors (Lipinski definition) is 2. The van der Waals surface area contributed by atoms with Crippen molar-refractivity contribution in [2.75, 3.05) is 0 Å². The third-order valence-electron chi connectivity index (χ3n) is 1.81. The Morgan fingerprint density at radius 1 is 1.50 bits per heavy atom. The minimum absolute atomic E-state index is 0.0643. The number of aromatic nitrogens is 3. The van der Waals surface area contributed by atoms with Gasteiger partial charge in [-0.05, 0) is 13.8 Å². The molecule has 0 fully saturated rings. The minimum atomic E-state index is -0.0643. The quantitative estimate of drug-likeness (QED) is 0.619. The molecule has 0 saturated heterocycles. The van der Waals surface area contributed by atoms with Gasteiger partial charge >= 0.3 is 0 Å². The van der Waals surface area contributed by atoms with Crippen molar-refractivity contribution in [2.24, 2.45) is 0 Å². The second-order valence-corrected chi connectivity index (χ2v) is 2.85. The molecular weight excluding hydrogens is 154 g/mol. The summed E-state index contributed by atoms with van der Waals surface area (Å²) in [6.45, 7) is 3.73. The minimum Gasteiger partial charge on any atom is -0.297 e. The molecule has 0 unspecified atom stereocenters. The highest BCUT2D eigenvalue weighted by Crippen LogP contribution is 2.02. The maximum absolute atomic E-state index is 11.3. The Kier molecular flexibility index (Phi) is 1.30. The zero-order chi connectivity index (χ0) is 8.72. The van der Waals surface area contributed by atoms with E-state index in [2.05, 4.69) is 10.1 Å².